The Kier molecular flexibility index (Phi) is 6.03. The minimum atomic E-state index is -0.437. The largest absolute Gasteiger partial charge is 0.489 e. The van der Waals surface area contributed by atoms with Crippen molar-refractivity contribution >= 4 is 11.6 Å². The Morgan fingerprint density at radius 1 is 1.14 bits per heavy atom. The van der Waals surface area contributed by atoms with Crippen molar-refractivity contribution in [2.45, 2.75) is 26.5 Å². The maximum Gasteiger partial charge on any atom is 0.142 e. The van der Waals surface area contributed by atoms with E-state index in [1.807, 2.05) is 18.2 Å². The maximum absolute atomic E-state index is 13.1. The summed E-state index contributed by atoms with van der Waals surface area (Å²) in [5, 5.41) is 3.45. The van der Waals surface area contributed by atoms with Crippen LogP contribution >= 0.6 is 11.6 Å². The van der Waals surface area contributed by atoms with Crippen LogP contribution in [0.1, 0.15) is 24.5 Å². The van der Waals surface area contributed by atoms with Crippen LogP contribution in [0, 0.1) is 5.82 Å². The molecule has 0 spiro atoms. The van der Waals surface area contributed by atoms with E-state index in [1.54, 1.807) is 6.07 Å². The standard InChI is InChI=1S/C17H19ClFNO/c1-2-9-20-11-13-5-3-4-6-14(13)12-21-15-7-8-17(19)16(18)10-15/h3-8,10,20H,2,9,11-12H2,1H3. The van der Waals surface area contributed by atoms with Crippen LogP contribution in [-0.2, 0) is 13.2 Å². The van der Waals surface area contributed by atoms with E-state index in [9.17, 15) is 4.39 Å². The SMILES string of the molecule is CCCNCc1ccccc1COc1ccc(F)c(Cl)c1. The molecule has 0 saturated carbocycles. The topological polar surface area (TPSA) is 21.3 Å². The van der Waals surface area contributed by atoms with Gasteiger partial charge in [0.15, 0.2) is 0 Å². The number of nitrogens with one attached hydrogen (secondary N) is 1. The maximum atomic E-state index is 13.1. The highest BCUT2D eigenvalue weighted by molar-refractivity contribution is 6.30. The Bertz CT molecular complexity index is 589. The summed E-state index contributed by atoms with van der Waals surface area (Å²) in [6.45, 7) is 4.38. The number of hydrogen-bond acceptors (Lipinski definition) is 2. The van der Waals surface area contributed by atoms with Gasteiger partial charge >= 0.3 is 0 Å². The highest BCUT2D eigenvalue weighted by Gasteiger charge is 2.05. The zero-order valence-corrected chi connectivity index (χ0v) is 12.8. The first kappa shape index (κ1) is 15.8. The first-order chi connectivity index (χ1) is 10.2. The van der Waals surface area contributed by atoms with Gasteiger partial charge in [-0.05, 0) is 36.2 Å². The Morgan fingerprint density at radius 2 is 1.90 bits per heavy atom. The third kappa shape index (κ3) is 4.73. The summed E-state index contributed by atoms with van der Waals surface area (Å²) in [4.78, 5) is 0. The molecule has 0 unspecified atom stereocenters. The molecule has 2 aromatic rings. The van der Waals surface area contributed by atoms with Crippen LogP contribution in [0.3, 0.4) is 0 Å². The second-order valence-corrected chi connectivity index (χ2v) is 5.22. The van der Waals surface area contributed by atoms with Crippen LogP contribution in [0.4, 0.5) is 4.39 Å². The van der Waals surface area contributed by atoms with Crippen molar-refractivity contribution in [2.75, 3.05) is 6.54 Å². The van der Waals surface area contributed by atoms with Crippen LogP contribution in [0.25, 0.3) is 0 Å². The van der Waals surface area contributed by atoms with Crippen molar-refractivity contribution in [1.82, 2.24) is 5.32 Å². The van der Waals surface area contributed by atoms with Gasteiger partial charge in [-0.15, -0.1) is 0 Å². The zero-order chi connectivity index (χ0) is 15.1. The van der Waals surface area contributed by atoms with Crippen molar-refractivity contribution in [3.63, 3.8) is 0 Å². The van der Waals surface area contributed by atoms with Gasteiger partial charge in [-0.2, -0.15) is 0 Å². The lowest BCUT2D eigenvalue weighted by atomic mass is 10.1. The van der Waals surface area contributed by atoms with Crippen LogP contribution in [-0.4, -0.2) is 6.54 Å². The minimum absolute atomic E-state index is 0.0744. The Morgan fingerprint density at radius 3 is 2.62 bits per heavy atom. The first-order valence-corrected chi connectivity index (χ1v) is 7.44. The molecule has 2 nitrogen and oxygen atoms in total. The lowest BCUT2D eigenvalue weighted by Crippen LogP contribution is -2.15. The van der Waals surface area contributed by atoms with Gasteiger partial charge in [0, 0.05) is 12.6 Å². The van der Waals surface area contributed by atoms with E-state index >= 15 is 0 Å². The van der Waals surface area contributed by atoms with Crippen molar-refractivity contribution < 1.29 is 9.13 Å². The van der Waals surface area contributed by atoms with Crippen LogP contribution < -0.4 is 10.1 Å². The molecule has 0 saturated heterocycles. The van der Waals surface area contributed by atoms with Gasteiger partial charge in [-0.1, -0.05) is 42.8 Å². The summed E-state index contributed by atoms with van der Waals surface area (Å²) in [5.74, 6) is 0.130. The molecule has 2 aromatic carbocycles. The fraction of sp³-hybridized carbons (Fsp3) is 0.294. The van der Waals surface area contributed by atoms with Crippen molar-refractivity contribution in [3.8, 4) is 5.75 Å². The average molecular weight is 308 g/mol. The van der Waals surface area contributed by atoms with Gasteiger partial charge < -0.3 is 10.1 Å². The molecule has 21 heavy (non-hydrogen) atoms. The molecule has 0 aromatic heterocycles. The molecule has 1 N–H and O–H groups in total. The minimum Gasteiger partial charge on any atom is -0.489 e. The van der Waals surface area contributed by atoms with Gasteiger partial charge in [-0.25, -0.2) is 4.39 Å². The molecule has 0 amide bonds. The molecule has 4 heteroatoms. The summed E-state index contributed by atoms with van der Waals surface area (Å²) in [7, 11) is 0. The van der Waals surface area contributed by atoms with Crippen molar-refractivity contribution in [1.29, 1.82) is 0 Å². The van der Waals surface area contributed by atoms with E-state index in [0.717, 1.165) is 25.1 Å². The molecule has 0 bridgehead atoms. The fourth-order valence-electron chi connectivity index (χ4n) is 2.00. The van der Waals surface area contributed by atoms with Gasteiger partial charge in [0.2, 0.25) is 0 Å². The quantitative estimate of drug-likeness (QED) is 0.757. The monoisotopic (exact) mass is 307 g/mol. The highest BCUT2D eigenvalue weighted by Crippen LogP contribution is 2.22. The lowest BCUT2D eigenvalue weighted by Gasteiger charge is -2.12. The Balaban J connectivity index is 2.00. The molecule has 0 atom stereocenters. The fourth-order valence-corrected chi connectivity index (χ4v) is 2.17. The van der Waals surface area contributed by atoms with E-state index in [-0.39, 0.29) is 5.02 Å². The highest BCUT2D eigenvalue weighted by atomic mass is 35.5. The third-order valence-corrected chi connectivity index (χ3v) is 3.44. The molecular formula is C17H19ClFNO. The number of rotatable bonds is 7. The molecule has 2 rings (SSSR count). The predicted octanol–water partition coefficient (Wildman–Crippen LogP) is 4.56. The second kappa shape index (κ2) is 8.01. The number of ether oxygens (including phenoxy) is 1. The normalized spacial score (nSPS) is 10.6. The van der Waals surface area contributed by atoms with E-state index < -0.39 is 5.82 Å². The summed E-state index contributed by atoms with van der Waals surface area (Å²) in [6.07, 6.45) is 1.10. The van der Waals surface area contributed by atoms with Crippen LogP contribution in [0.2, 0.25) is 5.02 Å². The van der Waals surface area contributed by atoms with Crippen molar-refractivity contribution in [2.24, 2.45) is 0 Å². The summed E-state index contributed by atoms with van der Waals surface area (Å²) < 4.78 is 18.8. The predicted molar refractivity (Wildman–Crippen MR) is 84.2 cm³/mol. The molecule has 112 valence electrons. The van der Waals surface area contributed by atoms with Crippen molar-refractivity contribution in [3.05, 3.63) is 64.4 Å². The smallest absolute Gasteiger partial charge is 0.142 e. The van der Waals surface area contributed by atoms with Gasteiger partial charge in [0.1, 0.15) is 18.2 Å². The third-order valence-electron chi connectivity index (χ3n) is 3.15. The van der Waals surface area contributed by atoms with E-state index in [4.69, 9.17) is 16.3 Å². The first-order valence-electron chi connectivity index (χ1n) is 7.06. The van der Waals surface area contributed by atoms with E-state index in [0.29, 0.717) is 12.4 Å². The van der Waals surface area contributed by atoms with Crippen LogP contribution in [0.15, 0.2) is 42.5 Å². The molecule has 0 aliphatic heterocycles. The summed E-state index contributed by atoms with van der Waals surface area (Å²) >= 11 is 5.75. The Hall–Kier alpha value is -1.58. The van der Waals surface area contributed by atoms with E-state index in [2.05, 4.69) is 18.3 Å². The molecule has 0 aliphatic carbocycles. The number of hydrogen-bond donors (Lipinski definition) is 1. The number of halogens is 2. The summed E-state index contributed by atoms with van der Waals surface area (Å²) in [5.41, 5.74) is 2.32. The summed E-state index contributed by atoms with van der Waals surface area (Å²) in [6, 6.07) is 12.5. The van der Waals surface area contributed by atoms with E-state index in [1.165, 1.54) is 17.7 Å². The van der Waals surface area contributed by atoms with Gasteiger partial charge in [0.05, 0.1) is 5.02 Å². The zero-order valence-electron chi connectivity index (χ0n) is 12.0. The molecule has 0 heterocycles. The lowest BCUT2D eigenvalue weighted by molar-refractivity contribution is 0.304. The second-order valence-electron chi connectivity index (χ2n) is 4.81. The Labute approximate surface area is 129 Å². The van der Waals surface area contributed by atoms with Gasteiger partial charge in [0.25, 0.3) is 0 Å². The average Bonchev–Trinajstić information content (AvgIpc) is 2.50. The van der Waals surface area contributed by atoms with Gasteiger partial charge in [-0.3, -0.25) is 0 Å². The number of benzene rings is 2. The molecule has 0 fully saturated rings. The molecular weight excluding hydrogens is 289 g/mol. The van der Waals surface area contributed by atoms with Crippen LogP contribution in [0.5, 0.6) is 5.75 Å². The molecule has 0 aliphatic rings. The molecule has 0 radical (unpaired) electrons.